The van der Waals surface area contributed by atoms with Gasteiger partial charge in [-0.1, -0.05) is 29.8 Å². The molecule has 0 atom stereocenters. The van der Waals surface area contributed by atoms with Gasteiger partial charge in [-0.3, -0.25) is 5.32 Å². The molecule has 1 aromatic heterocycles. The molecule has 0 aliphatic heterocycles. The quantitative estimate of drug-likeness (QED) is 0.423. The number of urea groups is 1. The molecule has 2 amide bonds. The monoisotopic (exact) mass is 460 g/mol. The molecule has 0 aliphatic rings. The second-order valence-corrected chi connectivity index (χ2v) is 7.97. The van der Waals surface area contributed by atoms with Gasteiger partial charge in [-0.2, -0.15) is 14.4 Å². The number of rotatable bonds is 6. The van der Waals surface area contributed by atoms with Crippen LogP contribution in [0.3, 0.4) is 0 Å². The molecule has 0 bridgehead atoms. The predicted molar refractivity (Wildman–Crippen MR) is 110 cm³/mol. The second kappa shape index (κ2) is 9.39. The summed E-state index contributed by atoms with van der Waals surface area (Å²) in [6.45, 7) is 1.88. The third-order valence-electron chi connectivity index (χ3n) is 3.95. The molecule has 0 saturated carbocycles. The molecule has 3 aromatic rings. The molecular formula is C20H17FN4O6S. The normalized spacial score (nSPS) is 10.8. The summed E-state index contributed by atoms with van der Waals surface area (Å²) in [5, 5.41) is 2.02. The van der Waals surface area contributed by atoms with E-state index in [0.717, 1.165) is 24.8 Å². The number of anilines is 1. The van der Waals surface area contributed by atoms with Gasteiger partial charge in [0.05, 0.1) is 18.7 Å². The number of sulfonamides is 1. The van der Waals surface area contributed by atoms with Crippen LogP contribution in [-0.2, 0) is 14.8 Å². The number of hydrogen-bond acceptors (Lipinski definition) is 8. The van der Waals surface area contributed by atoms with Crippen molar-refractivity contribution >= 4 is 28.0 Å². The first-order valence-electron chi connectivity index (χ1n) is 8.98. The molecule has 12 heteroatoms. The Morgan fingerprint density at radius 3 is 2.41 bits per heavy atom. The highest BCUT2D eigenvalue weighted by Gasteiger charge is 2.25. The van der Waals surface area contributed by atoms with Crippen LogP contribution in [0, 0.1) is 12.9 Å². The molecule has 0 aliphatic carbocycles. The van der Waals surface area contributed by atoms with Gasteiger partial charge in [-0.15, -0.1) is 0 Å². The van der Waals surface area contributed by atoms with Gasteiger partial charge in [-0.25, -0.2) is 22.7 Å². The molecule has 0 saturated heterocycles. The van der Waals surface area contributed by atoms with E-state index in [-0.39, 0.29) is 11.4 Å². The van der Waals surface area contributed by atoms with Crippen LogP contribution in [0.15, 0.2) is 59.5 Å². The summed E-state index contributed by atoms with van der Waals surface area (Å²) in [6.07, 6.45) is 0. The van der Waals surface area contributed by atoms with Gasteiger partial charge >= 0.3 is 12.0 Å². The van der Waals surface area contributed by atoms with Crippen molar-refractivity contribution in [2.45, 2.75) is 11.8 Å². The van der Waals surface area contributed by atoms with E-state index in [2.05, 4.69) is 14.7 Å². The van der Waals surface area contributed by atoms with E-state index in [1.165, 1.54) is 18.2 Å². The van der Waals surface area contributed by atoms with E-state index < -0.39 is 38.8 Å². The van der Waals surface area contributed by atoms with Crippen LogP contribution in [-0.4, -0.2) is 37.5 Å². The number of amides is 2. The van der Waals surface area contributed by atoms with Gasteiger partial charge in [0.15, 0.2) is 0 Å². The molecule has 2 N–H and O–H groups in total. The number of nitrogens with zero attached hydrogens (tertiary/aromatic N) is 2. The minimum Gasteiger partial charge on any atom is -0.465 e. The van der Waals surface area contributed by atoms with Crippen molar-refractivity contribution in [2.24, 2.45) is 0 Å². The zero-order valence-corrected chi connectivity index (χ0v) is 17.6. The predicted octanol–water partition coefficient (Wildman–Crippen LogP) is 3.01. The molecule has 0 radical (unpaired) electrons. The Balaban J connectivity index is 1.77. The fourth-order valence-corrected chi connectivity index (χ4v) is 3.62. The molecule has 0 unspecified atom stereocenters. The van der Waals surface area contributed by atoms with Crippen LogP contribution in [0.1, 0.15) is 15.9 Å². The number of nitrogens with one attached hydrogen (secondary N) is 2. The lowest BCUT2D eigenvalue weighted by Gasteiger charge is -2.11. The Labute approximate surface area is 182 Å². The lowest BCUT2D eigenvalue weighted by Crippen LogP contribution is -2.35. The number of hydrogen-bond donors (Lipinski definition) is 2. The zero-order chi connectivity index (χ0) is 23.3. The van der Waals surface area contributed by atoms with E-state index in [4.69, 9.17) is 4.74 Å². The number of carbonyl (C=O) groups is 2. The van der Waals surface area contributed by atoms with Crippen molar-refractivity contribution in [3.63, 3.8) is 0 Å². The molecule has 32 heavy (non-hydrogen) atoms. The second-order valence-electron chi connectivity index (χ2n) is 6.31. The van der Waals surface area contributed by atoms with Crippen molar-refractivity contribution in [2.75, 3.05) is 12.4 Å². The lowest BCUT2D eigenvalue weighted by atomic mass is 10.2. The SMILES string of the molecule is COC(=O)c1ccccc1S(=O)(=O)NC(=O)Nc1nc(F)cc(Oc2ccc(C)cc2)n1. The largest absolute Gasteiger partial charge is 0.465 e. The number of ether oxygens (including phenoxy) is 2. The summed E-state index contributed by atoms with van der Waals surface area (Å²) >= 11 is 0. The number of methoxy groups -OCH3 is 1. The Hall–Kier alpha value is -4.06. The van der Waals surface area contributed by atoms with Crippen molar-refractivity contribution in [3.8, 4) is 11.6 Å². The van der Waals surface area contributed by atoms with Gasteiger partial charge < -0.3 is 9.47 Å². The standard InChI is InChI=1S/C20H17FN4O6S/c1-12-7-9-13(10-8-12)31-17-11-16(21)22-19(23-17)24-20(27)25-32(28,29)15-6-4-3-5-14(15)18(26)30-2/h3-11H,1-2H3,(H2,22,23,24,25,27). The first-order chi connectivity index (χ1) is 15.2. The third kappa shape index (κ3) is 5.55. The Morgan fingerprint density at radius 2 is 1.72 bits per heavy atom. The van der Waals surface area contributed by atoms with E-state index in [0.29, 0.717) is 5.75 Å². The maximum Gasteiger partial charge on any atom is 0.339 e. The maximum atomic E-state index is 13.9. The van der Waals surface area contributed by atoms with Gasteiger partial charge in [0.25, 0.3) is 10.0 Å². The van der Waals surface area contributed by atoms with Crippen LogP contribution >= 0.6 is 0 Å². The van der Waals surface area contributed by atoms with E-state index >= 15 is 0 Å². The van der Waals surface area contributed by atoms with Gasteiger partial charge in [0.2, 0.25) is 17.8 Å². The van der Waals surface area contributed by atoms with E-state index in [1.54, 1.807) is 29.0 Å². The van der Waals surface area contributed by atoms with Crippen LogP contribution < -0.4 is 14.8 Å². The van der Waals surface area contributed by atoms with Crippen LogP contribution in [0.2, 0.25) is 0 Å². The molecule has 0 fully saturated rings. The first kappa shape index (κ1) is 22.6. The Morgan fingerprint density at radius 1 is 1.03 bits per heavy atom. The summed E-state index contributed by atoms with van der Waals surface area (Å²) in [6, 6.07) is 11.6. The van der Waals surface area contributed by atoms with Crippen LogP contribution in [0.5, 0.6) is 11.6 Å². The topological polar surface area (TPSA) is 137 Å². The summed E-state index contributed by atoms with van der Waals surface area (Å²) in [4.78, 5) is 30.8. The molecule has 166 valence electrons. The minimum atomic E-state index is -4.48. The Kier molecular flexibility index (Phi) is 6.64. The number of halogens is 1. The third-order valence-corrected chi connectivity index (χ3v) is 5.34. The smallest absolute Gasteiger partial charge is 0.339 e. The van der Waals surface area contributed by atoms with Crippen molar-refractivity contribution < 1.29 is 31.9 Å². The van der Waals surface area contributed by atoms with Crippen LogP contribution in [0.25, 0.3) is 0 Å². The zero-order valence-electron chi connectivity index (χ0n) is 16.8. The maximum absolute atomic E-state index is 13.9. The minimum absolute atomic E-state index is 0.212. The van der Waals surface area contributed by atoms with Gasteiger partial charge in [-0.05, 0) is 31.2 Å². The highest BCUT2D eigenvalue weighted by molar-refractivity contribution is 7.90. The highest BCUT2D eigenvalue weighted by atomic mass is 32.2. The number of aryl methyl sites for hydroxylation is 1. The molecule has 10 nitrogen and oxygen atoms in total. The van der Waals surface area contributed by atoms with Gasteiger partial charge in [0, 0.05) is 0 Å². The number of benzene rings is 2. The van der Waals surface area contributed by atoms with Crippen molar-refractivity contribution in [1.82, 2.24) is 14.7 Å². The highest BCUT2D eigenvalue weighted by Crippen LogP contribution is 2.21. The summed E-state index contributed by atoms with van der Waals surface area (Å²) < 4.78 is 50.7. The molecule has 3 rings (SSSR count). The summed E-state index contributed by atoms with van der Waals surface area (Å²) in [5.74, 6) is -2.31. The number of aromatic nitrogens is 2. The molecular weight excluding hydrogens is 443 g/mol. The van der Waals surface area contributed by atoms with Crippen molar-refractivity contribution in [1.29, 1.82) is 0 Å². The Bertz CT molecular complexity index is 1270. The summed E-state index contributed by atoms with van der Waals surface area (Å²) in [5.41, 5.74) is 0.714. The lowest BCUT2D eigenvalue weighted by molar-refractivity contribution is 0.0596. The number of carbonyl (C=O) groups excluding carboxylic acids is 2. The average Bonchev–Trinajstić information content (AvgIpc) is 2.74. The fourth-order valence-electron chi connectivity index (χ4n) is 2.52. The van der Waals surface area contributed by atoms with Crippen molar-refractivity contribution in [3.05, 3.63) is 71.7 Å². The van der Waals surface area contributed by atoms with E-state index in [1.807, 2.05) is 12.2 Å². The molecule has 1 heterocycles. The first-order valence-corrected chi connectivity index (χ1v) is 10.5. The summed E-state index contributed by atoms with van der Waals surface area (Å²) in [7, 11) is -3.39. The molecule has 2 aromatic carbocycles. The molecule has 0 spiro atoms. The van der Waals surface area contributed by atoms with Gasteiger partial charge in [0.1, 0.15) is 10.6 Å². The van der Waals surface area contributed by atoms with E-state index in [9.17, 15) is 22.4 Å². The average molecular weight is 460 g/mol. The van der Waals surface area contributed by atoms with Crippen LogP contribution in [0.4, 0.5) is 15.1 Å². The number of esters is 1. The fraction of sp³-hybridized carbons (Fsp3) is 0.100.